The monoisotopic (exact) mass is 775 g/mol. The fourth-order valence-electron chi connectivity index (χ4n) is 9.50. The van der Waals surface area contributed by atoms with E-state index in [1.54, 1.807) is 6.08 Å². The number of ether oxygens (including phenoxy) is 2. The molecular formula is C41H53N5O8S. The van der Waals surface area contributed by atoms with Gasteiger partial charge in [-0.3, -0.25) is 19.1 Å². The molecule has 4 amide bonds. The van der Waals surface area contributed by atoms with Gasteiger partial charge >= 0.3 is 6.09 Å². The number of amides is 4. The van der Waals surface area contributed by atoms with Crippen LogP contribution < -0.4 is 20.1 Å². The average Bonchev–Trinajstić information content (AvgIpc) is 3.95. The Labute approximate surface area is 322 Å². The highest BCUT2D eigenvalue weighted by Gasteiger charge is 2.62. The first-order chi connectivity index (χ1) is 26.5. The van der Waals surface area contributed by atoms with E-state index in [9.17, 15) is 27.6 Å². The normalized spacial score (nSPS) is 31.9. The number of nitrogens with one attached hydrogen (secondary N) is 3. The van der Waals surface area contributed by atoms with Crippen LogP contribution in [0.5, 0.6) is 5.75 Å². The average molecular weight is 776 g/mol. The van der Waals surface area contributed by atoms with Crippen LogP contribution in [0.25, 0.3) is 10.9 Å². The molecule has 4 saturated carbocycles. The number of hydrogen-bond acceptors (Lipinski definition) is 9. The molecule has 1 unspecified atom stereocenters. The van der Waals surface area contributed by atoms with E-state index in [1.165, 1.54) is 4.90 Å². The molecule has 14 heteroatoms. The van der Waals surface area contributed by atoms with Gasteiger partial charge in [0, 0.05) is 17.7 Å². The fourth-order valence-corrected chi connectivity index (χ4v) is 10.9. The third-order valence-corrected chi connectivity index (χ3v) is 14.7. The first-order valence-electron chi connectivity index (χ1n) is 20.4. The minimum absolute atomic E-state index is 0.0635. The number of rotatable bonds is 7. The summed E-state index contributed by atoms with van der Waals surface area (Å²) in [7, 11) is -3.88. The Hall–Kier alpha value is -4.20. The molecule has 2 aromatic rings. The van der Waals surface area contributed by atoms with Gasteiger partial charge < -0.3 is 25.0 Å². The number of para-hydroxylation sites is 1. The standard InChI is InChI=1S/C41H53N5O8S/c1-2-28-23-41(28,39(49)45-55(51,52)30-19-20-30)44-37(47)33-22-29-24-46(33)38(48)36(26-12-6-7-13-26)43-40(50)54-34-18-10-15-25(34)11-4-3-5-17-32-35(53-29)21-27-14-8-9-16-31(27)42-32/h2,8-9,14,16,21,25-26,28-30,33-34,36H,1,3-7,10-13,15,17-20,22-24H2,(H,43,50)(H,44,47)(H,45,49)/t25?,28-,29-,33+,34-,36+,41-/m1/s1. The maximum Gasteiger partial charge on any atom is 0.408 e. The third-order valence-electron chi connectivity index (χ3n) is 12.9. The second-order valence-corrected chi connectivity index (χ2v) is 18.7. The molecule has 1 saturated heterocycles. The molecule has 7 atom stereocenters. The summed E-state index contributed by atoms with van der Waals surface area (Å²) >= 11 is 0. The highest BCUT2D eigenvalue weighted by molar-refractivity contribution is 7.91. The van der Waals surface area contributed by atoms with E-state index < -0.39 is 68.7 Å². The number of sulfonamides is 1. The fraction of sp³-hybridized carbons (Fsp3) is 0.634. The molecule has 3 heterocycles. The smallest absolute Gasteiger partial charge is 0.408 e. The lowest BCUT2D eigenvalue weighted by Gasteiger charge is -2.32. The number of carbonyl (C=O) groups excluding carboxylic acids is 4. The van der Waals surface area contributed by atoms with Crippen LogP contribution in [0.1, 0.15) is 102 Å². The summed E-state index contributed by atoms with van der Waals surface area (Å²) in [6.07, 6.45) is 12.0. The summed E-state index contributed by atoms with van der Waals surface area (Å²) in [5.41, 5.74) is 0.172. The van der Waals surface area contributed by atoms with E-state index in [-0.39, 0.29) is 37.3 Å². The van der Waals surface area contributed by atoms with Crippen molar-refractivity contribution >= 4 is 44.7 Å². The molecule has 0 radical (unpaired) electrons. The zero-order valence-corrected chi connectivity index (χ0v) is 32.2. The van der Waals surface area contributed by atoms with E-state index in [0.717, 1.165) is 87.2 Å². The number of fused-ring (bicyclic) bond motifs is 5. The Balaban J connectivity index is 1.12. The molecule has 55 heavy (non-hydrogen) atoms. The maximum absolute atomic E-state index is 14.8. The van der Waals surface area contributed by atoms with Crippen LogP contribution in [-0.2, 0) is 35.6 Å². The zero-order valence-electron chi connectivity index (χ0n) is 31.4. The van der Waals surface area contributed by atoms with Crippen molar-refractivity contribution in [3.63, 3.8) is 0 Å². The Morgan fingerprint density at radius 1 is 0.945 bits per heavy atom. The van der Waals surface area contributed by atoms with Gasteiger partial charge in [-0.2, -0.15) is 0 Å². The predicted molar refractivity (Wildman–Crippen MR) is 204 cm³/mol. The minimum atomic E-state index is -3.88. The maximum atomic E-state index is 14.8. The Morgan fingerprint density at radius 2 is 1.69 bits per heavy atom. The summed E-state index contributed by atoms with van der Waals surface area (Å²) in [5, 5.41) is 6.13. The highest BCUT2D eigenvalue weighted by atomic mass is 32.2. The number of nitrogens with zero attached hydrogens (tertiary/aromatic N) is 2. The lowest BCUT2D eigenvalue weighted by atomic mass is 9.96. The molecule has 6 aliphatic rings. The molecular weight excluding hydrogens is 723 g/mol. The second kappa shape index (κ2) is 15.4. The van der Waals surface area contributed by atoms with Gasteiger partial charge in [0.1, 0.15) is 35.6 Å². The van der Waals surface area contributed by atoms with Crippen molar-refractivity contribution in [1.29, 1.82) is 0 Å². The molecule has 296 valence electrons. The number of benzene rings is 1. The molecule has 1 aromatic heterocycles. The zero-order chi connectivity index (χ0) is 38.3. The first kappa shape index (κ1) is 37.7. The quantitative estimate of drug-likeness (QED) is 0.334. The lowest BCUT2D eigenvalue weighted by Crippen LogP contribution is -2.59. The van der Waals surface area contributed by atoms with E-state index in [4.69, 9.17) is 14.5 Å². The van der Waals surface area contributed by atoms with Gasteiger partial charge in [-0.05, 0) is 94.6 Å². The van der Waals surface area contributed by atoms with Crippen LogP contribution in [-0.4, -0.2) is 83.7 Å². The van der Waals surface area contributed by atoms with Gasteiger partial charge in [0.2, 0.25) is 21.8 Å². The van der Waals surface area contributed by atoms with Crippen molar-refractivity contribution in [3.05, 3.63) is 48.7 Å². The van der Waals surface area contributed by atoms with Gasteiger partial charge in [0.25, 0.3) is 5.91 Å². The SMILES string of the molecule is C=C[C@@H]1C[C@]1(NC(=O)[C@@H]1C[C@@H]2CN1C(=O)[C@H](C1CCCC1)NC(=O)O[C@@H]1CCCC1CCCCCc1nc3ccccc3cc1O2)C(=O)NS(=O)(=O)C1CC1. The Morgan fingerprint density at radius 3 is 2.45 bits per heavy atom. The third kappa shape index (κ3) is 7.93. The molecule has 2 aliphatic heterocycles. The number of aryl methyl sites for hydroxylation is 1. The number of carbonyl (C=O) groups is 4. The summed E-state index contributed by atoms with van der Waals surface area (Å²) in [6.45, 7) is 3.88. The van der Waals surface area contributed by atoms with Crippen molar-refractivity contribution in [2.75, 3.05) is 6.54 Å². The van der Waals surface area contributed by atoms with E-state index >= 15 is 0 Å². The van der Waals surface area contributed by atoms with Crippen LogP contribution >= 0.6 is 0 Å². The van der Waals surface area contributed by atoms with Crippen molar-refractivity contribution in [3.8, 4) is 5.75 Å². The predicted octanol–water partition coefficient (Wildman–Crippen LogP) is 4.82. The highest BCUT2D eigenvalue weighted by Crippen LogP contribution is 2.46. The summed E-state index contributed by atoms with van der Waals surface area (Å²) in [4.78, 5) is 63.0. The van der Waals surface area contributed by atoms with Crippen LogP contribution in [0.2, 0.25) is 0 Å². The van der Waals surface area contributed by atoms with Crippen LogP contribution in [0.15, 0.2) is 43.0 Å². The van der Waals surface area contributed by atoms with E-state index in [0.29, 0.717) is 25.0 Å². The topological polar surface area (TPSA) is 173 Å². The molecule has 2 bridgehead atoms. The molecule has 3 N–H and O–H groups in total. The molecule has 4 aliphatic carbocycles. The van der Waals surface area contributed by atoms with Gasteiger partial charge in [0.05, 0.1) is 23.0 Å². The van der Waals surface area contributed by atoms with Crippen molar-refractivity contribution in [2.45, 2.75) is 138 Å². The van der Waals surface area contributed by atoms with Crippen molar-refractivity contribution in [2.24, 2.45) is 17.8 Å². The first-order valence-corrected chi connectivity index (χ1v) is 21.9. The molecule has 0 spiro atoms. The van der Waals surface area contributed by atoms with Gasteiger partial charge in [-0.1, -0.05) is 50.0 Å². The van der Waals surface area contributed by atoms with E-state index in [1.807, 2.05) is 30.3 Å². The summed E-state index contributed by atoms with van der Waals surface area (Å²) in [6, 6.07) is 7.87. The van der Waals surface area contributed by atoms with E-state index in [2.05, 4.69) is 21.9 Å². The van der Waals surface area contributed by atoms with Crippen LogP contribution in [0.4, 0.5) is 4.79 Å². The van der Waals surface area contributed by atoms with Crippen LogP contribution in [0.3, 0.4) is 0 Å². The number of hydrogen-bond donors (Lipinski definition) is 3. The Kier molecular flexibility index (Phi) is 10.5. The van der Waals surface area contributed by atoms with Gasteiger partial charge in [-0.15, -0.1) is 6.58 Å². The van der Waals surface area contributed by atoms with Crippen molar-refractivity contribution < 1.29 is 37.1 Å². The minimum Gasteiger partial charge on any atom is -0.487 e. The largest absolute Gasteiger partial charge is 0.487 e. The van der Waals surface area contributed by atoms with Crippen LogP contribution in [0, 0.1) is 17.8 Å². The summed E-state index contributed by atoms with van der Waals surface area (Å²) in [5.74, 6) is -1.54. The number of pyridine rings is 1. The Bertz CT molecular complexity index is 1950. The van der Waals surface area contributed by atoms with Gasteiger partial charge in [0.15, 0.2) is 0 Å². The number of alkyl carbamates (subject to hydrolysis) is 1. The molecule has 5 fully saturated rings. The molecule has 1 aromatic carbocycles. The summed E-state index contributed by atoms with van der Waals surface area (Å²) < 4.78 is 40.5. The number of aromatic nitrogens is 1. The lowest BCUT2D eigenvalue weighted by molar-refractivity contribution is -0.142. The molecule has 8 rings (SSSR count). The van der Waals surface area contributed by atoms with Crippen molar-refractivity contribution in [1.82, 2.24) is 25.2 Å². The van der Waals surface area contributed by atoms with Gasteiger partial charge in [-0.25, -0.2) is 18.2 Å². The molecule has 13 nitrogen and oxygen atoms in total. The second-order valence-electron chi connectivity index (χ2n) is 16.7.